The molecule has 1 amide bonds. The van der Waals surface area contributed by atoms with Gasteiger partial charge in [-0.05, 0) is 23.8 Å². The number of hydrogen-bond acceptors (Lipinski definition) is 7. The fraction of sp³-hybridized carbons (Fsp3) is 0.0952. The second-order valence-electron chi connectivity index (χ2n) is 6.61. The highest BCUT2D eigenvalue weighted by Gasteiger charge is 2.20. The minimum Gasteiger partial charge on any atom is -0.461 e. The summed E-state index contributed by atoms with van der Waals surface area (Å²) < 4.78 is 7.40. The summed E-state index contributed by atoms with van der Waals surface area (Å²) in [6.45, 7) is 0.509. The molecule has 9 nitrogen and oxygen atoms in total. The molecule has 156 valence electrons. The number of nitro groups is 1. The van der Waals surface area contributed by atoms with Crippen LogP contribution < -0.4 is 5.73 Å². The van der Waals surface area contributed by atoms with Gasteiger partial charge in [0.05, 0.1) is 17.7 Å². The Morgan fingerprint density at radius 1 is 1.13 bits per heavy atom. The molecule has 2 heterocycles. The van der Waals surface area contributed by atoms with Gasteiger partial charge in [0.15, 0.2) is 10.9 Å². The molecule has 2 aromatic heterocycles. The maximum atomic E-state index is 11.5. The number of hydrogen-bond donors (Lipinski definition) is 1. The maximum Gasteiger partial charge on any atom is 0.274 e. The van der Waals surface area contributed by atoms with Crippen LogP contribution in [0.25, 0.3) is 11.6 Å². The topological polar surface area (TPSA) is 130 Å². The van der Waals surface area contributed by atoms with Gasteiger partial charge in [0.1, 0.15) is 0 Å². The average molecular weight is 435 g/mol. The molecule has 2 N–H and O–H groups in total. The zero-order valence-corrected chi connectivity index (χ0v) is 17.0. The van der Waals surface area contributed by atoms with E-state index in [0.29, 0.717) is 28.8 Å². The van der Waals surface area contributed by atoms with Crippen molar-refractivity contribution in [1.82, 2.24) is 14.8 Å². The summed E-state index contributed by atoms with van der Waals surface area (Å²) in [5, 5.41) is 20.6. The van der Waals surface area contributed by atoms with Crippen molar-refractivity contribution < 1.29 is 14.1 Å². The zero-order chi connectivity index (χ0) is 21.8. The van der Waals surface area contributed by atoms with Crippen molar-refractivity contribution in [3.05, 3.63) is 93.7 Å². The summed E-state index contributed by atoms with van der Waals surface area (Å²) in [6, 6.07) is 17.6. The molecule has 0 fully saturated rings. The summed E-state index contributed by atoms with van der Waals surface area (Å²) in [5.41, 5.74) is 6.67. The number of thioether (sulfide) groups is 1. The second-order valence-corrected chi connectivity index (χ2v) is 7.55. The summed E-state index contributed by atoms with van der Waals surface area (Å²) in [6.07, 6.45) is 1.56. The summed E-state index contributed by atoms with van der Waals surface area (Å²) in [5.74, 6) is 0.690. The monoisotopic (exact) mass is 435 g/mol. The number of nitro benzene ring substituents is 1. The van der Waals surface area contributed by atoms with Crippen LogP contribution in [0.2, 0.25) is 0 Å². The van der Waals surface area contributed by atoms with E-state index in [-0.39, 0.29) is 17.0 Å². The number of nitrogens with zero attached hydrogens (tertiary/aromatic N) is 4. The largest absolute Gasteiger partial charge is 0.461 e. The highest BCUT2D eigenvalue weighted by molar-refractivity contribution is 7.98. The molecule has 0 aliphatic heterocycles. The second kappa shape index (κ2) is 8.84. The van der Waals surface area contributed by atoms with Gasteiger partial charge >= 0.3 is 0 Å². The van der Waals surface area contributed by atoms with E-state index in [4.69, 9.17) is 10.2 Å². The van der Waals surface area contributed by atoms with Crippen molar-refractivity contribution in [2.24, 2.45) is 5.73 Å². The SMILES string of the molecule is NC(=O)c1ccc(CSc2nnc(-c3ccco3)n2Cc2ccccc2)c([N+](=O)[O-])c1. The maximum absolute atomic E-state index is 11.5. The lowest BCUT2D eigenvalue weighted by atomic mass is 10.1. The van der Waals surface area contributed by atoms with E-state index < -0.39 is 10.8 Å². The van der Waals surface area contributed by atoms with Crippen LogP contribution in [0.3, 0.4) is 0 Å². The van der Waals surface area contributed by atoms with E-state index in [1.165, 1.54) is 30.0 Å². The predicted octanol–water partition coefficient (Wildman–Crippen LogP) is 3.89. The molecule has 0 bridgehead atoms. The first-order valence-corrected chi connectivity index (χ1v) is 10.2. The van der Waals surface area contributed by atoms with Crippen molar-refractivity contribution in [3.8, 4) is 11.6 Å². The van der Waals surface area contributed by atoms with Crippen molar-refractivity contribution in [1.29, 1.82) is 0 Å². The van der Waals surface area contributed by atoms with Gasteiger partial charge < -0.3 is 10.2 Å². The number of benzene rings is 2. The Kier molecular flexibility index (Phi) is 5.80. The molecule has 0 unspecified atom stereocenters. The molecule has 0 aliphatic carbocycles. The van der Waals surface area contributed by atoms with Crippen LogP contribution in [0.15, 0.2) is 76.5 Å². The van der Waals surface area contributed by atoms with Gasteiger partial charge in [-0.15, -0.1) is 10.2 Å². The lowest BCUT2D eigenvalue weighted by Crippen LogP contribution is -2.11. The lowest BCUT2D eigenvalue weighted by Gasteiger charge is -2.10. The Morgan fingerprint density at radius 3 is 2.61 bits per heavy atom. The fourth-order valence-electron chi connectivity index (χ4n) is 3.04. The van der Waals surface area contributed by atoms with E-state index in [0.717, 1.165) is 5.56 Å². The molecule has 0 spiro atoms. The molecule has 4 rings (SSSR count). The zero-order valence-electron chi connectivity index (χ0n) is 16.2. The van der Waals surface area contributed by atoms with Gasteiger partial charge in [-0.3, -0.25) is 19.5 Å². The number of furan rings is 1. The van der Waals surface area contributed by atoms with E-state index >= 15 is 0 Å². The molecule has 4 aromatic rings. The van der Waals surface area contributed by atoms with Crippen molar-refractivity contribution in [2.75, 3.05) is 0 Å². The molecule has 31 heavy (non-hydrogen) atoms. The fourth-order valence-corrected chi connectivity index (χ4v) is 3.98. The third-order valence-electron chi connectivity index (χ3n) is 4.57. The molecule has 0 radical (unpaired) electrons. The van der Waals surface area contributed by atoms with Crippen LogP contribution in [-0.4, -0.2) is 25.6 Å². The number of carbonyl (C=O) groups is 1. The first-order chi connectivity index (χ1) is 15.0. The van der Waals surface area contributed by atoms with Crippen LogP contribution in [0.1, 0.15) is 21.5 Å². The number of rotatable bonds is 8. The van der Waals surface area contributed by atoms with Crippen molar-refractivity contribution in [3.63, 3.8) is 0 Å². The molecular weight excluding hydrogens is 418 g/mol. The highest BCUT2D eigenvalue weighted by atomic mass is 32.2. The van der Waals surface area contributed by atoms with Gasteiger partial charge in [-0.25, -0.2) is 0 Å². The van der Waals surface area contributed by atoms with Crippen LogP contribution in [0, 0.1) is 10.1 Å². The number of carbonyl (C=O) groups excluding carboxylic acids is 1. The first kappa shape index (κ1) is 20.4. The van der Waals surface area contributed by atoms with Crippen LogP contribution >= 0.6 is 11.8 Å². The summed E-state index contributed by atoms with van der Waals surface area (Å²) in [4.78, 5) is 22.3. The molecule has 0 atom stereocenters. The average Bonchev–Trinajstić information content (AvgIpc) is 3.43. The Balaban J connectivity index is 1.65. The Labute approximate surface area is 181 Å². The van der Waals surface area contributed by atoms with Crippen LogP contribution in [-0.2, 0) is 12.3 Å². The molecular formula is C21H17N5O4S. The molecule has 0 saturated carbocycles. The Morgan fingerprint density at radius 2 is 1.94 bits per heavy atom. The van der Waals surface area contributed by atoms with E-state index in [2.05, 4.69) is 10.2 Å². The summed E-state index contributed by atoms with van der Waals surface area (Å²) in [7, 11) is 0. The summed E-state index contributed by atoms with van der Waals surface area (Å²) >= 11 is 1.31. The molecule has 2 aromatic carbocycles. The first-order valence-electron chi connectivity index (χ1n) is 9.24. The van der Waals surface area contributed by atoms with Gasteiger partial charge in [-0.1, -0.05) is 48.2 Å². The minimum absolute atomic E-state index is 0.0906. The van der Waals surface area contributed by atoms with Crippen molar-refractivity contribution in [2.45, 2.75) is 17.5 Å². The Hall–Kier alpha value is -3.92. The number of primary amides is 1. The van der Waals surface area contributed by atoms with Crippen LogP contribution in [0.4, 0.5) is 5.69 Å². The third-order valence-corrected chi connectivity index (χ3v) is 5.58. The van der Waals surface area contributed by atoms with E-state index in [1.807, 2.05) is 34.9 Å². The Bertz CT molecular complexity index is 1220. The lowest BCUT2D eigenvalue weighted by molar-refractivity contribution is -0.385. The number of nitrogens with two attached hydrogens (primary N) is 1. The number of amides is 1. The van der Waals surface area contributed by atoms with Gasteiger partial charge in [0.25, 0.3) is 5.69 Å². The minimum atomic E-state index is -0.715. The predicted molar refractivity (Wildman–Crippen MR) is 114 cm³/mol. The standard InChI is InChI=1S/C21H17N5O4S/c22-19(27)15-8-9-16(17(11-15)26(28)29)13-31-21-24-23-20(18-7-4-10-30-18)25(21)12-14-5-2-1-3-6-14/h1-11H,12-13H2,(H2,22,27). The van der Waals surface area contributed by atoms with Crippen molar-refractivity contribution >= 4 is 23.4 Å². The smallest absolute Gasteiger partial charge is 0.274 e. The normalized spacial score (nSPS) is 10.8. The van der Waals surface area contributed by atoms with E-state index in [1.54, 1.807) is 18.4 Å². The molecule has 0 saturated heterocycles. The molecule has 10 heteroatoms. The molecule has 0 aliphatic rings. The quantitative estimate of drug-likeness (QED) is 0.252. The van der Waals surface area contributed by atoms with Gasteiger partial charge in [0.2, 0.25) is 11.7 Å². The van der Waals surface area contributed by atoms with Gasteiger partial charge in [0, 0.05) is 22.9 Å². The highest BCUT2D eigenvalue weighted by Crippen LogP contribution is 2.31. The van der Waals surface area contributed by atoms with Gasteiger partial charge in [-0.2, -0.15) is 0 Å². The number of aromatic nitrogens is 3. The van der Waals surface area contributed by atoms with E-state index in [9.17, 15) is 14.9 Å². The third kappa shape index (κ3) is 4.48. The van der Waals surface area contributed by atoms with Crippen LogP contribution in [0.5, 0.6) is 0 Å².